The summed E-state index contributed by atoms with van der Waals surface area (Å²) in [6.07, 6.45) is 1.22. The van der Waals surface area contributed by atoms with E-state index < -0.39 is 27.3 Å². The monoisotopic (exact) mass is 421 g/mol. The van der Waals surface area contributed by atoms with Gasteiger partial charge in [-0.2, -0.15) is 0 Å². The summed E-state index contributed by atoms with van der Waals surface area (Å²) in [6, 6.07) is 7.67. The van der Waals surface area contributed by atoms with E-state index in [9.17, 15) is 22.4 Å². The Balaban J connectivity index is 1.88. The zero-order valence-electron chi connectivity index (χ0n) is 15.9. The van der Waals surface area contributed by atoms with Gasteiger partial charge in [-0.25, -0.2) is 17.5 Å². The summed E-state index contributed by atoms with van der Waals surface area (Å²) in [5.41, 5.74) is 0.476. The largest absolute Gasteiger partial charge is 0.494 e. The Morgan fingerprint density at radius 2 is 1.97 bits per heavy atom. The number of halogens is 1. The Bertz CT molecular complexity index is 1070. The zero-order chi connectivity index (χ0) is 21.2. The lowest BCUT2D eigenvalue weighted by Crippen LogP contribution is -2.24. The highest BCUT2D eigenvalue weighted by molar-refractivity contribution is 7.89. The molecule has 0 unspecified atom stereocenters. The van der Waals surface area contributed by atoms with Crippen LogP contribution >= 0.6 is 0 Å². The van der Waals surface area contributed by atoms with Crippen LogP contribution in [0.2, 0.25) is 0 Å². The molecule has 1 aliphatic rings. The van der Waals surface area contributed by atoms with Gasteiger partial charge in [-0.3, -0.25) is 9.59 Å². The van der Waals surface area contributed by atoms with E-state index >= 15 is 0 Å². The van der Waals surface area contributed by atoms with Crippen molar-refractivity contribution >= 4 is 33.2 Å². The van der Waals surface area contributed by atoms with Crippen LogP contribution in [0.15, 0.2) is 41.3 Å². The average Bonchev–Trinajstić information content (AvgIpc) is 3.13. The minimum absolute atomic E-state index is 0.00952. The van der Waals surface area contributed by atoms with Gasteiger partial charge in [-0.05, 0) is 43.8 Å². The molecule has 1 fully saturated rings. The molecule has 1 saturated heterocycles. The standard InChI is InChI=1S/C19H20FN3O5S/c1-21-29(26,27)13-6-7-15(20)14(11-13)19(25)22-12-5-8-16(17(10-12)28-2)23-9-3-4-18(23)24/h5-8,10-11,21H,3-4,9H2,1-2H3,(H,22,25). The number of carbonyl (C=O) groups excluding carboxylic acids is 2. The van der Waals surface area contributed by atoms with Gasteiger partial charge in [0.05, 0.1) is 23.3 Å². The predicted molar refractivity (Wildman–Crippen MR) is 105 cm³/mol. The second kappa shape index (κ2) is 8.18. The molecule has 1 aliphatic heterocycles. The van der Waals surface area contributed by atoms with Crippen LogP contribution in [-0.2, 0) is 14.8 Å². The molecule has 2 aromatic carbocycles. The van der Waals surface area contributed by atoms with Gasteiger partial charge in [0, 0.05) is 24.7 Å². The fourth-order valence-corrected chi connectivity index (χ4v) is 3.80. The molecule has 0 bridgehead atoms. The summed E-state index contributed by atoms with van der Waals surface area (Å²) in [7, 11) is -1.17. The molecule has 29 heavy (non-hydrogen) atoms. The normalized spacial score (nSPS) is 14.2. The Kier molecular flexibility index (Phi) is 5.85. The van der Waals surface area contributed by atoms with E-state index in [1.807, 2.05) is 0 Å². The highest BCUT2D eigenvalue weighted by atomic mass is 32.2. The molecular weight excluding hydrogens is 401 g/mol. The molecule has 10 heteroatoms. The van der Waals surface area contributed by atoms with Gasteiger partial charge in [0.1, 0.15) is 11.6 Å². The number of sulfonamides is 1. The third kappa shape index (κ3) is 4.22. The number of hydrogen-bond donors (Lipinski definition) is 2. The maximum atomic E-state index is 14.1. The molecule has 0 aromatic heterocycles. The Morgan fingerprint density at radius 3 is 2.59 bits per heavy atom. The van der Waals surface area contributed by atoms with E-state index in [1.54, 1.807) is 17.0 Å². The first-order chi connectivity index (χ1) is 13.8. The van der Waals surface area contributed by atoms with E-state index in [0.29, 0.717) is 30.1 Å². The van der Waals surface area contributed by atoms with Crippen molar-refractivity contribution in [2.24, 2.45) is 0 Å². The van der Waals surface area contributed by atoms with Gasteiger partial charge < -0.3 is 15.0 Å². The summed E-state index contributed by atoms with van der Waals surface area (Å²) in [6.45, 7) is 0.582. The molecule has 0 radical (unpaired) electrons. The quantitative estimate of drug-likeness (QED) is 0.744. The number of nitrogens with one attached hydrogen (secondary N) is 2. The lowest BCUT2D eigenvalue weighted by atomic mass is 10.2. The average molecular weight is 421 g/mol. The van der Waals surface area contributed by atoms with Crippen LogP contribution in [0.5, 0.6) is 5.75 Å². The summed E-state index contributed by atoms with van der Waals surface area (Å²) < 4.78 is 45.4. The Hall–Kier alpha value is -2.98. The van der Waals surface area contributed by atoms with Gasteiger partial charge in [-0.1, -0.05) is 0 Å². The van der Waals surface area contributed by atoms with Gasteiger partial charge in [0.15, 0.2) is 0 Å². The van der Waals surface area contributed by atoms with Crippen molar-refractivity contribution in [2.45, 2.75) is 17.7 Å². The van der Waals surface area contributed by atoms with Gasteiger partial charge in [0.25, 0.3) is 5.91 Å². The van der Waals surface area contributed by atoms with Crippen LogP contribution < -0.4 is 19.7 Å². The van der Waals surface area contributed by atoms with Crippen molar-refractivity contribution < 1.29 is 27.1 Å². The van der Waals surface area contributed by atoms with Crippen LogP contribution in [0.3, 0.4) is 0 Å². The number of methoxy groups -OCH3 is 1. The van der Waals surface area contributed by atoms with Gasteiger partial charge in [0.2, 0.25) is 15.9 Å². The number of anilines is 2. The fourth-order valence-electron chi connectivity index (χ4n) is 3.04. The Labute approximate surface area is 167 Å². The van der Waals surface area contributed by atoms with Crippen molar-refractivity contribution in [3.63, 3.8) is 0 Å². The number of ether oxygens (including phenoxy) is 1. The zero-order valence-corrected chi connectivity index (χ0v) is 16.7. The first kappa shape index (κ1) is 20.7. The summed E-state index contributed by atoms with van der Waals surface area (Å²) in [5.74, 6) is -1.30. The molecule has 154 valence electrons. The van der Waals surface area contributed by atoms with Gasteiger partial charge in [-0.15, -0.1) is 0 Å². The lowest BCUT2D eigenvalue weighted by Gasteiger charge is -2.19. The molecule has 3 rings (SSSR count). The maximum absolute atomic E-state index is 14.1. The molecule has 2 N–H and O–H groups in total. The second-order valence-corrected chi connectivity index (χ2v) is 8.23. The topological polar surface area (TPSA) is 105 Å². The molecular formula is C19H20FN3O5S. The maximum Gasteiger partial charge on any atom is 0.258 e. The van der Waals surface area contributed by atoms with E-state index in [4.69, 9.17) is 4.74 Å². The minimum atomic E-state index is -3.83. The number of carbonyl (C=O) groups is 2. The number of benzene rings is 2. The van der Waals surface area contributed by atoms with Crippen LogP contribution in [0, 0.1) is 5.82 Å². The van der Waals surface area contributed by atoms with Gasteiger partial charge >= 0.3 is 0 Å². The van der Waals surface area contributed by atoms with E-state index in [-0.39, 0.29) is 10.8 Å². The minimum Gasteiger partial charge on any atom is -0.494 e. The summed E-state index contributed by atoms with van der Waals surface area (Å²) in [5, 5.41) is 2.52. The SMILES string of the molecule is CNS(=O)(=O)c1ccc(F)c(C(=O)Nc2ccc(N3CCCC3=O)c(OC)c2)c1. The van der Waals surface area contributed by atoms with E-state index in [1.165, 1.54) is 20.2 Å². The smallest absolute Gasteiger partial charge is 0.258 e. The molecule has 1 heterocycles. The van der Waals surface area contributed by atoms with Crippen LogP contribution in [0.25, 0.3) is 0 Å². The van der Waals surface area contributed by atoms with Crippen molar-refractivity contribution in [1.29, 1.82) is 0 Å². The first-order valence-electron chi connectivity index (χ1n) is 8.79. The summed E-state index contributed by atoms with van der Waals surface area (Å²) >= 11 is 0. The molecule has 0 aliphatic carbocycles. The van der Waals surface area contributed by atoms with Crippen LogP contribution in [-0.4, -0.2) is 40.9 Å². The van der Waals surface area contributed by atoms with E-state index in [0.717, 1.165) is 24.6 Å². The third-order valence-corrected chi connectivity index (χ3v) is 5.98. The van der Waals surface area contributed by atoms with Crippen molar-refractivity contribution in [2.75, 3.05) is 30.9 Å². The second-order valence-electron chi connectivity index (χ2n) is 6.34. The van der Waals surface area contributed by atoms with E-state index in [2.05, 4.69) is 10.0 Å². The number of nitrogens with zero attached hydrogens (tertiary/aromatic N) is 1. The number of hydrogen-bond acceptors (Lipinski definition) is 5. The summed E-state index contributed by atoms with van der Waals surface area (Å²) in [4.78, 5) is 25.9. The van der Waals surface area contributed by atoms with Crippen LogP contribution in [0.4, 0.5) is 15.8 Å². The molecule has 2 aromatic rings. The van der Waals surface area contributed by atoms with Crippen molar-refractivity contribution in [3.8, 4) is 5.75 Å². The van der Waals surface area contributed by atoms with Crippen molar-refractivity contribution in [3.05, 3.63) is 47.8 Å². The molecule has 0 saturated carbocycles. The molecule has 8 nitrogen and oxygen atoms in total. The predicted octanol–water partition coefficient (Wildman–Crippen LogP) is 2.12. The Morgan fingerprint density at radius 1 is 1.21 bits per heavy atom. The molecule has 2 amide bonds. The number of rotatable bonds is 6. The lowest BCUT2D eigenvalue weighted by molar-refractivity contribution is -0.117. The van der Waals surface area contributed by atoms with Crippen molar-refractivity contribution in [1.82, 2.24) is 4.72 Å². The first-order valence-corrected chi connectivity index (χ1v) is 10.3. The highest BCUT2D eigenvalue weighted by Crippen LogP contribution is 2.34. The number of amides is 2. The highest BCUT2D eigenvalue weighted by Gasteiger charge is 2.25. The van der Waals surface area contributed by atoms with Crippen LogP contribution in [0.1, 0.15) is 23.2 Å². The molecule has 0 spiro atoms. The molecule has 0 atom stereocenters. The fraction of sp³-hybridized carbons (Fsp3) is 0.263. The third-order valence-electron chi connectivity index (χ3n) is 4.56.